The van der Waals surface area contributed by atoms with Crippen LogP contribution in [0.3, 0.4) is 0 Å². The minimum absolute atomic E-state index is 0.343. The zero-order valence-electron chi connectivity index (χ0n) is 9.80. The summed E-state index contributed by atoms with van der Waals surface area (Å²) < 4.78 is 5.58. The van der Waals surface area contributed by atoms with Gasteiger partial charge >= 0.3 is 0 Å². The number of carbonyl (C=O) groups excluding carboxylic acids is 1. The van der Waals surface area contributed by atoms with Crippen molar-refractivity contribution in [2.75, 3.05) is 5.73 Å². The van der Waals surface area contributed by atoms with Crippen LogP contribution in [0, 0.1) is 0 Å². The van der Waals surface area contributed by atoms with Crippen LogP contribution in [0.2, 0.25) is 0 Å². The van der Waals surface area contributed by atoms with E-state index >= 15 is 0 Å². The number of hydrogen-bond acceptors (Lipinski definition) is 3. The Bertz CT molecular complexity index is 567. The third-order valence-electron chi connectivity index (χ3n) is 2.52. The van der Waals surface area contributed by atoms with Crippen LogP contribution in [0.4, 0.5) is 5.69 Å². The smallest absolute Gasteiger partial charge is 0.248 e. The van der Waals surface area contributed by atoms with Gasteiger partial charge in [0.1, 0.15) is 12.4 Å². The molecule has 0 unspecified atom stereocenters. The summed E-state index contributed by atoms with van der Waals surface area (Å²) in [5, 5.41) is 0. The number of primary amides is 1. The van der Waals surface area contributed by atoms with Gasteiger partial charge in [-0.3, -0.25) is 4.79 Å². The molecule has 0 atom stereocenters. The van der Waals surface area contributed by atoms with Crippen molar-refractivity contribution in [2.24, 2.45) is 5.73 Å². The normalized spacial score (nSPS) is 10.0. The second-order valence-corrected chi connectivity index (χ2v) is 3.89. The van der Waals surface area contributed by atoms with Gasteiger partial charge in [0.05, 0.1) is 5.69 Å². The molecule has 4 N–H and O–H groups in total. The number of nitrogen functional groups attached to an aromatic ring is 1. The molecule has 1 amide bonds. The lowest BCUT2D eigenvalue weighted by Gasteiger charge is -2.09. The van der Waals surface area contributed by atoms with Crippen molar-refractivity contribution in [1.29, 1.82) is 0 Å². The molecule has 2 rings (SSSR count). The fraction of sp³-hybridized carbons (Fsp3) is 0.0714. The second kappa shape index (κ2) is 5.23. The summed E-state index contributed by atoms with van der Waals surface area (Å²) in [5.41, 5.74) is 12.9. The van der Waals surface area contributed by atoms with Crippen LogP contribution in [0.15, 0.2) is 48.5 Å². The summed E-state index contributed by atoms with van der Waals surface area (Å²) in [5.74, 6) is 0.179. The highest BCUT2D eigenvalue weighted by Crippen LogP contribution is 2.21. The molecular formula is C14H14N2O2. The van der Waals surface area contributed by atoms with Gasteiger partial charge in [-0.25, -0.2) is 0 Å². The number of amides is 1. The standard InChI is InChI=1S/C14H14N2O2/c15-12-6-1-2-7-13(12)18-9-10-4-3-5-11(8-10)14(16)17/h1-8H,9,15H2,(H2,16,17). The van der Waals surface area contributed by atoms with Gasteiger partial charge in [-0.15, -0.1) is 0 Å². The van der Waals surface area contributed by atoms with Gasteiger partial charge in [-0.05, 0) is 29.8 Å². The van der Waals surface area contributed by atoms with Gasteiger partial charge in [0.15, 0.2) is 0 Å². The van der Waals surface area contributed by atoms with Crippen LogP contribution >= 0.6 is 0 Å². The number of carbonyl (C=O) groups is 1. The predicted molar refractivity (Wildman–Crippen MR) is 70.1 cm³/mol. The Kier molecular flexibility index (Phi) is 3.48. The van der Waals surface area contributed by atoms with Gasteiger partial charge in [-0.2, -0.15) is 0 Å². The molecule has 2 aromatic carbocycles. The van der Waals surface area contributed by atoms with Crippen LogP contribution < -0.4 is 16.2 Å². The summed E-state index contributed by atoms with van der Waals surface area (Å²) in [4.78, 5) is 11.0. The van der Waals surface area contributed by atoms with E-state index in [9.17, 15) is 4.79 Å². The van der Waals surface area contributed by atoms with E-state index in [0.29, 0.717) is 23.6 Å². The summed E-state index contributed by atoms with van der Waals surface area (Å²) >= 11 is 0. The van der Waals surface area contributed by atoms with E-state index in [-0.39, 0.29) is 0 Å². The van der Waals surface area contributed by atoms with Gasteiger partial charge in [0.25, 0.3) is 0 Å². The van der Waals surface area contributed by atoms with Gasteiger partial charge in [0.2, 0.25) is 5.91 Å². The number of para-hydroxylation sites is 2. The monoisotopic (exact) mass is 242 g/mol. The van der Waals surface area contributed by atoms with Gasteiger partial charge < -0.3 is 16.2 Å². The highest BCUT2D eigenvalue weighted by atomic mass is 16.5. The first-order valence-corrected chi connectivity index (χ1v) is 5.53. The maximum atomic E-state index is 11.0. The van der Waals surface area contributed by atoms with Crippen molar-refractivity contribution >= 4 is 11.6 Å². The molecule has 0 aliphatic carbocycles. The molecule has 0 heterocycles. The fourth-order valence-corrected chi connectivity index (χ4v) is 1.59. The first-order chi connectivity index (χ1) is 8.66. The maximum Gasteiger partial charge on any atom is 0.248 e. The zero-order chi connectivity index (χ0) is 13.0. The number of ether oxygens (including phenoxy) is 1. The highest BCUT2D eigenvalue weighted by molar-refractivity contribution is 5.92. The van der Waals surface area contributed by atoms with Crippen molar-refractivity contribution in [3.05, 3.63) is 59.7 Å². The van der Waals surface area contributed by atoms with Gasteiger partial charge in [0, 0.05) is 5.56 Å². The molecule has 0 bridgehead atoms. The van der Waals surface area contributed by atoms with E-state index in [1.807, 2.05) is 18.2 Å². The molecule has 0 aliphatic rings. The number of anilines is 1. The summed E-state index contributed by atoms with van der Waals surface area (Å²) in [6.45, 7) is 0.343. The van der Waals surface area contributed by atoms with E-state index in [2.05, 4.69) is 0 Å². The quantitative estimate of drug-likeness (QED) is 0.804. The fourth-order valence-electron chi connectivity index (χ4n) is 1.59. The first kappa shape index (κ1) is 12.0. The Hall–Kier alpha value is -2.49. The molecule has 0 spiro atoms. The third kappa shape index (κ3) is 2.79. The van der Waals surface area contributed by atoms with Crippen LogP contribution in [0.1, 0.15) is 15.9 Å². The average Bonchev–Trinajstić information content (AvgIpc) is 2.38. The largest absolute Gasteiger partial charge is 0.487 e. The lowest BCUT2D eigenvalue weighted by atomic mass is 10.1. The molecule has 4 nitrogen and oxygen atoms in total. The van der Waals surface area contributed by atoms with Crippen molar-refractivity contribution < 1.29 is 9.53 Å². The molecule has 0 radical (unpaired) electrons. The lowest BCUT2D eigenvalue weighted by Crippen LogP contribution is -2.11. The second-order valence-electron chi connectivity index (χ2n) is 3.89. The van der Waals surface area contributed by atoms with E-state index in [0.717, 1.165) is 5.56 Å². The van der Waals surface area contributed by atoms with Crippen LogP contribution in [0.5, 0.6) is 5.75 Å². The Morgan fingerprint density at radius 1 is 1.11 bits per heavy atom. The lowest BCUT2D eigenvalue weighted by molar-refractivity contribution is 0.1000. The Balaban J connectivity index is 2.09. The topological polar surface area (TPSA) is 78.3 Å². The Labute approximate surface area is 105 Å². The van der Waals surface area contributed by atoms with Crippen molar-refractivity contribution in [1.82, 2.24) is 0 Å². The van der Waals surface area contributed by atoms with E-state index in [4.69, 9.17) is 16.2 Å². The summed E-state index contributed by atoms with van der Waals surface area (Å²) in [7, 11) is 0. The molecular weight excluding hydrogens is 228 g/mol. The SMILES string of the molecule is NC(=O)c1cccc(COc2ccccc2N)c1. The van der Waals surface area contributed by atoms with E-state index in [1.54, 1.807) is 30.3 Å². The number of rotatable bonds is 4. The van der Waals surface area contributed by atoms with Crippen LogP contribution in [-0.2, 0) is 6.61 Å². The van der Waals surface area contributed by atoms with E-state index in [1.165, 1.54) is 0 Å². The molecule has 0 aliphatic heterocycles. The highest BCUT2D eigenvalue weighted by Gasteiger charge is 2.03. The van der Waals surface area contributed by atoms with Gasteiger partial charge in [-0.1, -0.05) is 24.3 Å². The molecule has 0 saturated carbocycles. The molecule has 4 heteroatoms. The Morgan fingerprint density at radius 2 is 1.89 bits per heavy atom. The van der Waals surface area contributed by atoms with Crippen LogP contribution in [-0.4, -0.2) is 5.91 Å². The van der Waals surface area contributed by atoms with Crippen molar-refractivity contribution in [2.45, 2.75) is 6.61 Å². The summed E-state index contributed by atoms with van der Waals surface area (Å²) in [6, 6.07) is 14.3. The minimum Gasteiger partial charge on any atom is -0.487 e. The number of nitrogens with two attached hydrogens (primary N) is 2. The predicted octanol–water partition coefficient (Wildman–Crippen LogP) is 1.95. The molecule has 18 heavy (non-hydrogen) atoms. The number of hydrogen-bond donors (Lipinski definition) is 2. The molecule has 0 aromatic heterocycles. The summed E-state index contributed by atoms with van der Waals surface area (Å²) in [6.07, 6.45) is 0. The Morgan fingerprint density at radius 3 is 2.61 bits per heavy atom. The molecule has 2 aromatic rings. The molecule has 0 saturated heterocycles. The van der Waals surface area contributed by atoms with Crippen LogP contribution in [0.25, 0.3) is 0 Å². The molecule has 0 fully saturated rings. The van der Waals surface area contributed by atoms with E-state index < -0.39 is 5.91 Å². The first-order valence-electron chi connectivity index (χ1n) is 5.53. The maximum absolute atomic E-state index is 11.0. The van der Waals surface area contributed by atoms with Crippen molar-refractivity contribution in [3.63, 3.8) is 0 Å². The molecule has 92 valence electrons. The number of benzene rings is 2. The minimum atomic E-state index is -0.448. The third-order valence-corrected chi connectivity index (χ3v) is 2.52. The average molecular weight is 242 g/mol. The zero-order valence-corrected chi connectivity index (χ0v) is 9.80. The van der Waals surface area contributed by atoms with Crippen molar-refractivity contribution in [3.8, 4) is 5.75 Å².